The summed E-state index contributed by atoms with van der Waals surface area (Å²) in [5, 5.41) is 5.79. The lowest BCUT2D eigenvalue weighted by atomic mass is 10.2. The molecule has 0 spiro atoms. The van der Waals surface area contributed by atoms with Gasteiger partial charge in [0, 0.05) is 11.4 Å². The molecule has 0 saturated carbocycles. The van der Waals surface area contributed by atoms with Crippen molar-refractivity contribution in [2.75, 3.05) is 10.6 Å². The van der Waals surface area contributed by atoms with Crippen molar-refractivity contribution in [2.24, 2.45) is 0 Å². The lowest BCUT2D eigenvalue weighted by Gasteiger charge is -2.15. The van der Waals surface area contributed by atoms with E-state index in [4.69, 9.17) is 0 Å². The van der Waals surface area contributed by atoms with E-state index in [1.165, 1.54) is 12.1 Å². The number of halogens is 1. The Kier molecular flexibility index (Phi) is 4.35. The van der Waals surface area contributed by atoms with E-state index in [-0.39, 0.29) is 11.7 Å². The van der Waals surface area contributed by atoms with Gasteiger partial charge < -0.3 is 10.6 Å². The third kappa shape index (κ3) is 3.82. The van der Waals surface area contributed by atoms with Crippen molar-refractivity contribution in [2.45, 2.75) is 19.9 Å². The van der Waals surface area contributed by atoms with E-state index in [1.807, 2.05) is 37.3 Å². The zero-order chi connectivity index (χ0) is 14.5. The maximum Gasteiger partial charge on any atom is 0.246 e. The Labute approximate surface area is 117 Å². The first-order chi connectivity index (χ1) is 9.54. The topological polar surface area (TPSA) is 41.1 Å². The van der Waals surface area contributed by atoms with Gasteiger partial charge in [0.2, 0.25) is 5.91 Å². The van der Waals surface area contributed by atoms with Gasteiger partial charge in [-0.05, 0) is 49.7 Å². The number of aryl methyl sites for hydroxylation is 1. The van der Waals surface area contributed by atoms with Crippen molar-refractivity contribution in [3.8, 4) is 0 Å². The highest BCUT2D eigenvalue weighted by molar-refractivity contribution is 5.96. The number of carbonyl (C=O) groups excluding carboxylic acids is 1. The van der Waals surface area contributed by atoms with Gasteiger partial charge >= 0.3 is 0 Å². The monoisotopic (exact) mass is 272 g/mol. The molecule has 0 aliphatic rings. The number of carbonyl (C=O) groups is 1. The summed E-state index contributed by atoms with van der Waals surface area (Å²) in [5.74, 6) is -0.485. The molecular weight excluding hydrogens is 255 g/mol. The molecule has 2 aromatic rings. The molecule has 0 radical (unpaired) electrons. The average molecular weight is 272 g/mol. The minimum absolute atomic E-state index is 0.168. The summed E-state index contributed by atoms with van der Waals surface area (Å²) >= 11 is 0. The van der Waals surface area contributed by atoms with Crippen LogP contribution in [0.2, 0.25) is 0 Å². The molecule has 0 aliphatic heterocycles. The molecule has 1 amide bonds. The molecule has 0 bridgehead atoms. The minimum atomic E-state index is -0.462. The fraction of sp³-hybridized carbons (Fsp3) is 0.188. The molecule has 2 rings (SSSR count). The van der Waals surface area contributed by atoms with Crippen molar-refractivity contribution < 1.29 is 9.18 Å². The zero-order valence-electron chi connectivity index (χ0n) is 11.5. The largest absolute Gasteiger partial charge is 0.374 e. The number of benzene rings is 2. The molecule has 2 aromatic carbocycles. The first-order valence-corrected chi connectivity index (χ1v) is 6.44. The van der Waals surface area contributed by atoms with Gasteiger partial charge in [-0.1, -0.05) is 18.2 Å². The summed E-state index contributed by atoms with van der Waals surface area (Å²) in [4.78, 5) is 12.0. The molecule has 104 valence electrons. The van der Waals surface area contributed by atoms with Crippen molar-refractivity contribution in [1.82, 2.24) is 0 Å². The van der Waals surface area contributed by atoms with Crippen LogP contribution in [0.3, 0.4) is 0 Å². The second kappa shape index (κ2) is 6.19. The maximum absolute atomic E-state index is 13.3. The Hall–Kier alpha value is -2.36. The van der Waals surface area contributed by atoms with Crippen LogP contribution in [0.4, 0.5) is 15.8 Å². The van der Waals surface area contributed by atoms with Crippen molar-refractivity contribution in [1.29, 1.82) is 0 Å². The van der Waals surface area contributed by atoms with E-state index in [0.29, 0.717) is 5.69 Å². The first-order valence-electron chi connectivity index (χ1n) is 6.44. The Morgan fingerprint density at radius 3 is 2.45 bits per heavy atom. The standard InChI is InChI=1S/C16H17FN2O/c1-11-8-13(17)10-15(9-11)18-12(2)16(20)19-14-6-4-3-5-7-14/h3-10,12,18H,1-2H3,(H,19,20). The van der Waals surface area contributed by atoms with Gasteiger partial charge in [0.25, 0.3) is 0 Å². The van der Waals surface area contributed by atoms with E-state index in [2.05, 4.69) is 10.6 Å². The van der Waals surface area contributed by atoms with Gasteiger partial charge in [-0.15, -0.1) is 0 Å². The van der Waals surface area contributed by atoms with Crippen LogP contribution < -0.4 is 10.6 Å². The summed E-state index contributed by atoms with van der Waals surface area (Å²) in [6.07, 6.45) is 0. The van der Waals surface area contributed by atoms with Crippen LogP contribution in [0.5, 0.6) is 0 Å². The highest BCUT2D eigenvalue weighted by Gasteiger charge is 2.13. The summed E-state index contributed by atoms with van der Waals surface area (Å²) in [7, 11) is 0. The Morgan fingerprint density at radius 1 is 1.10 bits per heavy atom. The van der Waals surface area contributed by atoms with Gasteiger partial charge in [0.1, 0.15) is 11.9 Å². The second-order valence-electron chi connectivity index (χ2n) is 4.74. The average Bonchev–Trinajstić information content (AvgIpc) is 2.38. The molecule has 3 nitrogen and oxygen atoms in total. The quantitative estimate of drug-likeness (QED) is 0.893. The number of para-hydroxylation sites is 1. The number of hydrogen-bond donors (Lipinski definition) is 2. The molecular formula is C16H17FN2O. The van der Waals surface area contributed by atoms with Gasteiger partial charge in [0.15, 0.2) is 0 Å². The van der Waals surface area contributed by atoms with Gasteiger partial charge in [0.05, 0.1) is 0 Å². The Morgan fingerprint density at radius 2 is 1.80 bits per heavy atom. The number of nitrogens with one attached hydrogen (secondary N) is 2. The lowest BCUT2D eigenvalue weighted by Crippen LogP contribution is -2.31. The van der Waals surface area contributed by atoms with Gasteiger partial charge in [-0.2, -0.15) is 0 Å². The molecule has 4 heteroatoms. The minimum Gasteiger partial charge on any atom is -0.374 e. The van der Waals surface area contributed by atoms with Crippen LogP contribution in [0, 0.1) is 12.7 Å². The summed E-state index contributed by atoms with van der Waals surface area (Å²) in [6.45, 7) is 3.54. The fourth-order valence-corrected chi connectivity index (χ4v) is 1.91. The number of anilines is 2. The van der Waals surface area contributed by atoms with Crippen LogP contribution in [0.25, 0.3) is 0 Å². The molecule has 0 heterocycles. The van der Waals surface area contributed by atoms with Crippen molar-refractivity contribution in [3.63, 3.8) is 0 Å². The van der Waals surface area contributed by atoms with Crippen LogP contribution in [-0.2, 0) is 4.79 Å². The Bertz CT molecular complexity index is 578. The highest BCUT2D eigenvalue weighted by atomic mass is 19.1. The molecule has 0 fully saturated rings. The smallest absolute Gasteiger partial charge is 0.246 e. The third-order valence-electron chi connectivity index (χ3n) is 2.86. The zero-order valence-corrected chi connectivity index (χ0v) is 11.5. The SMILES string of the molecule is Cc1cc(F)cc(NC(C)C(=O)Nc2ccccc2)c1. The maximum atomic E-state index is 13.3. The van der Waals surface area contributed by atoms with E-state index >= 15 is 0 Å². The molecule has 1 atom stereocenters. The third-order valence-corrected chi connectivity index (χ3v) is 2.86. The van der Waals surface area contributed by atoms with E-state index < -0.39 is 6.04 Å². The predicted octanol–water partition coefficient (Wildman–Crippen LogP) is 3.57. The predicted molar refractivity (Wildman–Crippen MR) is 79.3 cm³/mol. The molecule has 1 unspecified atom stereocenters. The van der Waals surface area contributed by atoms with E-state index in [0.717, 1.165) is 11.3 Å². The summed E-state index contributed by atoms with van der Waals surface area (Å²) < 4.78 is 13.3. The number of hydrogen-bond acceptors (Lipinski definition) is 2. The van der Waals surface area contributed by atoms with Crippen molar-refractivity contribution >= 4 is 17.3 Å². The Balaban J connectivity index is 2.00. The van der Waals surface area contributed by atoms with E-state index in [9.17, 15) is 9.18 Å². The van der Waals surface area contributed by atoms with Crippen LogP contribution in [0.15, 0.2) is 48.5 Å². The van der Waals surface area contributed by atoms with Crippen LogP contribution in [0.1, 0.15) is 12.5 Å². The molecule has 0 aliphatic carbocycles. The van der Waals surface area contributed by atoms with Crippen molar-refractivity contribution in [3.05, 3.63) is 59.9 Å². The number of amides is 1. The molecule has 20 heavy (non-hydrogen) atoms. The first kappa shape index (κ1) is 14.1. The van der Waals surface area contributed by atoms with Gasteiger partial charge in [-0.3, -0.25) is 4.79 Å². The van der Waals surface area contributed by atoms with Crippen LogP contribution in [-0.4, -0.2) is 11.9 Å². The van der Waals surface area contributed by atoms with Crippen LogP contribution >= 0.6 is 0 Å². The number of rotatable bonds is 4. The second-order valence-corrected chi connectivity index (χ2v) is 4.74. The highest BCUT2D eigenvalue weighted by Crippen LogP contribution is 2.15. The normalized spacial score (nSPS) is 11.8. The molecule has 0 aromatic heterocycles. The molecule has 2 N–H and O–H groups in total. The van der Waals surface area contributed by atoms with E-state index in [1.54, 1.807) is 13.0 Å². The fourth-order valence-electron chi connectivity index (χ4n) is 1.91. The summed E-state index contributed by atoms with van der Waals surface area (Å²) in [5.41, 5.74) is 2.14. The summed E-state index contributed by atoms with van der Waals surface area (Å²) in [6, 6.07) is 13.4. The van der Waals surface area contributed by atoms with Gasteiger partial charge in [-0.25, -0.2) is 4.39 Å². The molecule has 0 saturated heterocycles. The lowest BCUT2D eigenvalue weighted by molar-refractivity contribution is -0.116.